The van der Waals surface area contributed by atoms with E-state index in [-0.39, 0.29) is 49.5 Å². The van der Waals surface area contributed by atoms with Crippen molar-refractivity contribution in [2.24, 2.45) is 5.92 Å². The highest BCUT2D eigenvalue weighted by Crippen LogP contribution is 2.66. The molecule has 4 aliphatic heterocycles. The maximum absolute atomic E-state index is 12.2. The van der Waals surface area contributed by atoms with E-state index in [0.29, 0.717) is 42.5 Å². The van der Waals surface area contributed by atoms with Crippen molar-refractivity contribution in [3.63, 3.8) is 0 Å². The molecule has 54 heteroatoms. The predicted molar refractivity (Wildman–Crippen MR) is 453 cm³/mol. The standard InChI is InChI=1S/C13H21N2O14P3.C13H19N2O8P.C12H14N2O5.C9H10N2O3.C8H12O2.C7H10O3.C5H6O.C5H6.C4H6O3.C2H4O3/c1-13(2)26-10-7(15-4-3-9(16)14-12(15)17)5-8(11(10)27-13)25-6-30(18,19)28-32(23,24)29-31(20,21)22;1-13(2)22-10-7(15-4-3-9(16)14-12(15)17)5-8(11(10)23-13)21-6-24(18,19)20;1-12(2)18-9-6(5-7(15)10(9)19-12)14-4-3-8(16)13-11(14)17;12-7-2-1-6(5-7)11-4-3-8(13)10-9(11)14;1-6-3-4-8(5-6)10-7(2)9;1-5(8)10-7-3-2-6(9)4-7;1-2-4-5(3-1)6-4;1-2-4-5-3-1;1-3(5)7-4(2)6;1-2(3)5-4/h3-4,7-8,10-11H,5-6H2,1-2H3,(H,18,19)(H,23,24)(H,14,16,17)(H2,20,21,22);3-4,7-8,10-11H,5-6H2,1-2H3,(H,14,16,17)(H2,18,19,20);3-4,6-7,15H,5H2,1-2H3,(H,13,16,17);1-4,6-7,12H,5H2,(H,10,13,14);3-4,6,8H,5H2,1-2H3;2-3,6-7,9H,4H2,1H3;1-2,4-5H,3H2;1-4H,5H2;1-2H3;4H,1H3/t2*7-,8+,10?,11?;2*6-,7+;6-,8+;6-,7+;;;;/m111011..../s1. The van der Waals surface area contributed by atoms with E-state index in [0.717, 1.165) is 32.3 Å². The molecular weight excluding hydrogens is 1840 g/mol. The molecule has 20 atom stereocenters. The maximum Gasteiger partial charge on any atom is 0.488 e. The molecule has 4 aromatic heterocycles. The molecule has 16 rings (SSSR count). The number of carbonyl (C=O) groups excluding carboxylic acids is 5. The van der Waals surface area contributed by atoms with Gasteiger partial charge in [0, 0.05) is 117 Å². The highest BCUT2D eigenvalue weighted by atomic mass is 31.3. The molecule has 50 nitrogen and oxygen atoms in total. The first-order valence-electron chi connectivity index (χ1n) is 40.4. The molecule has 8 unspecified atom stereocenters. The molecule has 8 aliphatic carbocycles. The van der Waals surface area contributed by atoms with Crippen LogP contribution >= 0.6 is 30.8 Å². The van der Waals surface area contributed by atoms with Crippen molar-refractivity contribution < 1.29 is 163 Å². The Balaban J connectivity index is 0.000000213. The topological polar surface area (TPSA) is 717 Å². The van der Waals surface area contributed by atoms with Crippen molar-refractivity contribution in [3.05, 3.63) is 217 Å². The van der Waals surface area contributed by atoms with Crippen LogP contribution in [0.25, 0.3) is 0 Å². The number of aromatic nitrogens is 8. The molecule has 0 aromatic carbocycles. The Morgan fingerprint density at radius 1 is 0.477 bits per heavy atom. The number of nitrogens with one attached hydrogen (secondary N) is 4. The Labute approximate surface area is 749 Å². The van der Waals surface area contributed by atoms with Crippen molar-refractivity contribution >= 4 is 60.7 Å². The van der Waals surface area contributed by atoms with E-state index in [1.54, 1.807) is 65.8 Å². The number of phosphoric acid groups is 2. The quantitative estimate of drug-likeness (QED) is 0.0112. The fraction of sp³-hybridized carbons (Fsp3) is 0.551. The molecule has 2 saturated carbocycles. The number of carbonyl (C=O) groups is 5. The van der Waals surface area contributed by atoms with Crippen molar-refractivity contribution in [1.82, 2.24) is 38.2 Å². The summed E-state index contributed by atoms with van der Waals surface area (Å²) in [4.78, 5) is 207. The monoisotopic (exact) mass is 1950 g/mol. The number of fused-ring (bicyclic) bond motifs is 3. The van der Waals surface area contributed by atoms with Crippen LogP contribution in [0.1, 0.15) is 159 Å². The van der Waals surface area contributed by atoms with Gasteiger partial charge in [0.25, 0.3) is 22.2 Å². The first kappa shape index (κ1) is 109. The van der Waals surface area contributed by atoms with Crippen LogP contribution in [-0.4, -0.2) is 227 Å². The molecule has 0 amide bonds. The molecule has 0 radical (unpaired) electrons. The number of hydrogen-bond acceptors (Lipinski definition) is 36. The van der Waals surface area contributed by atoms with Crippen LogP contribution in [0, 0.1) is 5.92 Å². The SMILES string of the molecule is C1=CC2OC2C1.C1=CCC=C1.CC(=O)OC(C)=O.CC(=O)OO.CC(=O)O[C@H]1C=C[C@@H](C)C1.CC(=O)O[C@H]1C=C[C@@H](O)C1.CC1(C)OC2=C(O1)[C@@H](O)C[C@H]2n1ccc(=O)[nH]c1=O.CC1(C)OC2C(O1)[C@H](n1ccc(=O)[nH]c1=O)C[C@@H]2OCP(=O)(O)O.CC1(C)OC2C(O1)[C@H](n1ccc(=O)[nH]c1=O)C[C@@H]2OCP(=O)(O)OP(=O)(O)OP(=O)(O)O.O=c1ccn([C@H]2C=C[C@@H](O)C2)c(=O)[nH]1. The summed E-state index contributed by atoms with van der Waals surface area (Å²) in [5, 5.41) is 35.4. The largest absolute Gasteiger partial charge is 0.488 e. The molecule has 0 spiro atoms. The lowest BCUT2D eigenvalue weighted by Gasteiger charge is -2.25. The third-order valence-corrected chi connectivity index (χ3v) is 23.8. The van der Waals surface area contributed by atoms with Gasteiger partial charge in [0.2, 0.25) is 5.79 Å². The molecule has 3 saturated heterocycles. The van der Waals surface area contributed by atoms with E-state index in [9.17, 15) is 101 Å². The molecule has 732 valence electrons. The summed E-state index contributed by atoms with van der Waals surface area (Å²) in [6, 6.07) is 3.10. The number of allylic oxidation sites excluding steroid dienone is 7. The number of esters is 4. The highest BCUT2D eigenvalue weighted by molar-refractivity contribution is 7.68. The maximum atomic E-state index is 12.2. The molecule has 8 heterocycles. The Hall–Kier alpha value is -9.79. The van der Waals surface area contributed by atoms with Gasteiger partial charge in [0.1, 0.15) is 67.6 Å². The summed E-state index contributed by atoms with van der Waals surface area (Å²) in [6.07, 6.45) is 26.7. The van der Waals surface area contributed by atoms with Crippen molar-refractivity contribution in [3.8, 4) is 0 Å². The molecule has 0 bridgehead atoms. The van der Waals surface area contributed by atoms with Crippen LogP contribution in [0.5, 0.6) is 0 Å². The number of aliphatic hydroxyl groups excluding tert-OH is 3. The zero-order valence-electron chi connectivity index (χ0n) is 73.1. The third kappa shape index (κ3) is 35.9. The lowest BCUT2D eigenvalue weighted by molar-refractivity contribution is -0.231. The minimum absolute atomic E-state index is 0.0210. The van der Waals surface area contributed by atoms with Gasteiger partial charge in [-0.15, -0.1) is 0 Å². The fourth-order valence-electron chi connectivity index (χ4n) is 14.3. The molecule has 12 aliphatic rings. The second-order valence-corrected chi connectivity index (χ2v) is 38.2. The molecule has 5 fully saturated rings. The van der Waals surface area contributed by atoms with Gasteiger partial charge in [-0.1, -0.05) is 67.7 Å². The van der Waals surface area contributed by atoms with Gasteiger partial charge >= 0.3 is 83.4 Å². The smallest absolute Gasteiger partial charge is 0.458 e. The van der Waals surface area contributed by atoms with Crippen molar-refractivity contribution in [2.45, 2.75) is 255 Å². The second kappa shape index (κ2) is 47.4. The fourth-order valence-corrected chi connectivity index (χ4v) is 18.0. The van der Waals surface area contributed by atoms with Crippen molar-refractivity contribution in [2.75, 3.05) is 12.7 Å². The van der Waals surface area contributed by atoms with Gasteiger partial charge < -0.3 is 106 Å². The van der Waals surface area contributed by atoms with E-state index >= 15 is 0 Å². The van der Waals surface area contributed by atoms with Gasteiger partial charge in [-0.05, 0) is 77.9 Å². The van der Waals surface area contributed by atoms with Crippen LogP contribution in [0.4, 0.5) is 0 Å². The third-order valence-electron chi connectivity index (χ3n) is 19.3. The normalized spacial score (nSPS) is 28.3. The van der Waals surface area contributed by atoms with Crippen LogP contribution in [-0.2, 0) is 113 Å². The second-order valence-electron chi connectivity index (χ2n) is 31.9. The summed E-state index contributed by atoms with van der Waals surface area (Å²) in [6.45, 7) is 18.4. The number of H-pyrrole nitrogens is 4. The van der Waals surface area contributed by atoms with Gasteiger partial charge in [0.05, 0.1) is 48.6 Å². The zero-order chi connectivity index (χ0) is 98.5. The number of rotatable bonds is 16. The molecule has 4 aromatic rings. The lowest BCUT2D eigenvalue weighted by Crippen LogP contribution is -2.36. The van der Waals surface area contributed by atoms with Gasteiger partial charge in [-0.25, -0.2) is 37.4 Å². The first-order chi connectivity index (χ1) is 61.3. The van der Waals surface area contributed by atoms with Gasteiger partial charge in [0.15, 0.2) is 23.1 Å². The zero-order valence-corrected chi connectivity index (χ0v) is 76.7. The molecular formula is C78H108N8O42P4. The Morgan fingerprint density at radius 2 is 0.902 bits per heavy atom. The Bertz CT molecular complexity index is 5590. The lowest BCUT2D eigenvalue weighted by atomic mass is 10.1. The predicted octanol–water partition coefficient (Wildman–Crippen LogP) is 2.60. The number of ether oxygens (including phenoxy) is 12. The summed E-state index contributed by atoms with van der Waals surface area (Å²) < 4.78 is 122. The van der Waals surface area contributed by atoms with Crippen LogP contribution in [0.2, 0.25) is 0 Å². The minimum atomic E-state index is -5.60. The van der Waals surface area contributed by atoms with Gasteiger partial charge in [-0.2, -0.15) is 9.57 Å². The number of hydrogen-bond donors (Lipinski definition) is 14. The number of aliphatic hydroxyl groups is 3. The average Bonchev–Trinajstić information content (AvgIpc) is 1.61. The summed E-state index contributed by atoms with van der Waals surface area (Å²) in [7, 11) is -20.5. The van der Waals surface area contributed by atoms with Crippen LogP contribution in [0.15, 0.2) is 172 Å². The number of epoxide rings is 1. The van der Waals surface area contributed by atoms with E-state index in [1.807, 2.05) is 6.08 Å². The van der Waals surface area contributed by atoms with E-state index in [2.05, 4.69) is 87.6 Å². The Kier molecular flexibility index (Phi) is 39.2. The molecule has 14 N–H and O–H groups in total. The minimum Gasteiger partial charge on any atom is -0.458 e. The summed E-state index contributed by atoms with van der Waals surface area (Å²) in [5.74, 6) is -3.79. The highest BCUT2D eigenvalue weighted by Gasteiger charge is 2.58. The first-order valence-corrected chi connectivity index (χ1v) is 47.0. The Morgan fingerprint density at radius 3 is 1.24 bits per heavy atom. The van der Waals surface area contributed by atoms with Gasteiger partial charge in [-0.3, -0.25) is 85.7 Å². The molecule has 132 heavy (non-hydrogen) atoms. The average molecular weight is 1950 g/mol. The van der Waals surface area contributed by atoms with E-state index in [1.165, 1.54) is 88.9 Å². The number of nitrogens with zero attached hydrogens (tertiary/aromatic N) is 4. The van der Waals surface area contributed by atoms with Crippen LogP contribution in [0.3, 0.4) is 0 Å². The number of aromatic amines is 4. The van der Waals surface area contributed by atoms with Crippen LogP contribution < -0.4 is 45.0 Å². The summed E-state index contributed by atoms with van der Waals surface area (Å²) >= 11 is 0. The van der Waals surface area contributed by atoms with E-state index < -0.39 is 197 Å². The van der Waals surface area contributed by atoms with E-state index in [4.69, 9.17) is 82.0 Å². The summed E-state index contributed by atoms with van der Waals surface area (Å²) in [5.41, 5.74) is -4.28. The van der Waals surface area contributed by atoms with Crippen molar-refractivity contribution in [1.29, 1.82) is 0 Å².